The van der Waals surface area contributed by atoms with Crippen molar-refractivity contribution in [2.24, 2.45) is 11.8 Å². The molecule has 1 aromatic carbocycles. The molecule has 5 atom stereocenters. The molecular formula is C24H30N2O6S. The summed E-state index contributed by atoms with van der Waals surface area (Å²) in [5.41, 5.74) is 0.663. The van der Waals surface area contributed by atoms with Crippen LogP contribution in [0.1, 0.15) is 25.7 Å². The van der Waals surface area contributed by atoms with Gasteiger partial charge in [0.15, 0.2) is 0 Å². The summed E-state index contributed by atoms with van der Waals surface area (Å²) in [5.74, 6) is -2.25. The SMILES string of the molecule is C=CCN(C(=O)C1N(CCCCO)C(=O)[C@@H]2[C@H](C(=O)O)[C@@H]3CCC12S3)c1ccc(OC)cc1. The van der Waals surface area contributed by atoms with Gasteiger partial charge in [0, 0.05) is 30.6 Å². The number of benzene rings is 1. The lowest BCUT2D eigenvalue weighted by molar-refractivity contribution is -0.148. The van der Waals surface area contributed by atoms with Crippen LogP contribution in [0.15, 0.2) is 36.9 Å². The molecule has 3 saturated heterocycles. The number of nitrogens with zero attached hydrogens (tertiary/aromatic N) is 2. The first-order valence-corrected chi connectivity index (χ1v) is 12.2. The van der Waals surface area contributed by atoms with Gasteiger partial charge in [-0.15, -0.1) is 18.3 Å². The van der Waals surface area contributed by atoms with E-state index in [-0.39, 0.29) is 30.2 Å². The van der Waals surface area contributed by atoms with Gasteiger partial charge in [-0.25, -0.2) is 0 Å². The number of thioether (sulfide) groups is 1. The minimum absolute atomic E-state index is 0.00176. The first kappa shape index (κ1) is 23.6. The van der Waals surface area contributed by atoms with Crippen molar-refractivity contribution >= 4 is 35.2 Å². The summed E-state index contributed by atoms with van der Waals surface area (Å²) < 4.78 is 4.49. The zero-order chi connectivity index (χ0) is 23.8. The number of carboxylic acids is 1. The summed E-state index contributed by atoms with van der Waals surface area (Å²) >= 11 is 1.52. The van der Waals surface area contributed by atoms with Crippen molar-refractivity contribution < 1.29 is 29.3 Å². The van der Waals surface area contributed by atoms with E-state index in [1.54, 1.807) is 47.3 Å². The summed E-state index contributed by atoms with van der Waals surface area (Å²) in [6.07, 6.45) is 4.02. The number of carboxylic acid groups (broad SMARTS) is 1. The van der Waals surface area contributed by atoms with Crippen LogP contribution in [0.5, 0.6) is 5.75 Å². The molecule has 1 spiro atoms. The highest BCUT2D eigenvalue weighted by Gasteiger charge is 2.73. The zero-order valence-corrected chi connectivity index (χ0v) is 19.5. The first-order valence-electron chi connectivity index (χ1n) is 11.3. The number of anilines is 1. The van der Waals surface area contributed by atoms with Gasteiger partial charge < -0.3 is 24.7 Å². The second kappa shape index (κ2) is 9.38. The van der Waals surface area contributed by atoms with E-state index in [1.165, 1.54) is 11.8 Å². The fourth-order valence-electron chi connectivity index (χ4n) is 5.71. The quantitative estimate of drug-likeness (QED) is 0.395. The molecule has 2 amide bonds. The molecule has 4 rings (SSSR count). The summed E-state index contributed by atoms with van der Waals surface area (Å²) in [4.78, 5) is 43.0. The number of methoxy groups -OCH3 is 1. The Morgan fingerprint density at radius 2 is 2.06 bits per heavy atom. The standard InChI is InChI=1S/C24H30N2O6S/c1-3-12-25(15-6-8-16(32-2)9-7-15)22(29)20-24-11-10-17(33-24)18(23(30)31)19(24)21(28)26(20)13-4-5-14-27/h3,6-9,17-20,27H,1,4-5,10-14H2,2H3,(H,30,31)/t17-,18+,19-,20?,24?/m0/s1. The van der Waals surface area contributed by atoms with Crippen LogP contribution in [-0.2, 0) is 14.4 Å². The van der Waals surface area contributed by atoms with E-state index >= 15 is 0 Å². The molecule has 0 aliphatic carbocycles. The molecule has 3 fully saturated rings. The number of carbonyl (C=O) groups is 3. The molecule has 178 valence electrons. The van der Waals surface area contributed by atoms with E-state index in [0.717, 1.165) is 0 Å². The topological polar surface area (TPSA) is 107 Å². The van der Waals surface area contributed by atoms with Crippen LogP contribution >= 0.6 is 11.8 Å². The number of hydrogen-bond donors (Lipinski definition) is 2. The fourth-order valence-corrected chi connectivity index (χ4v) is 7.92. The number of fused-ring (bicyclic) bond motifs is 1. The highest BCUT2D eigenvalue weighted by Crippen LogP contribution is 2.66. The lowest BCUT2D eigenvalue weighted by atomic mass is 9.71. The highest BCUT2D eigenvalue weighted by molar-refractivity contribution is 8.02. The Kier molecular flexibility index (Phi) is 6.72. The number of carbonyl (C=O) groups excluding carboxylic acids is 2. The Hall–Kier alpha value is -2.52. The van der Waals surface area contributed by atoms with Crippen molar-refractivity contribution in [3.8, 4) is 5.75 Å². The number of aliphatic hydroxyl groups is 1. The lowest BCUT2D eigenvalue weighted by Gasteiger charge is -2.37. The monoisotopic (exact) mass is 474 g/mol. The molecule has 2 N–H and O–H groups in total. The first-order chi connectivity index (χ1) is 15.9. The molecule has 3 aliphatic heterocycles. The van der Waals surface area contributed by atoms with Gasteiger partial charge in [-0.05, 0) is 49.9 Å². The van der Waals surface area contributed by atoms with Crippen LogP contribution in [0.4, 0.5) is 5.69 Å². The average molecular weight is 475 g/mol. The smallest absolute Gasteiger partial charge is 0.308 e. The Balaban J connectivity index is 1.73. The molecule has 33 heavy (non-hydrogen) atoms. The number of likely N-dealkylation sites (tertiary alicyclic amines) is 1. The van der Waals surface area contributed by atoms with Crippen LogP contribution in [-0.4, -0.2) is 75.7 Å². The largest absolute Gasteiger partial charge is 0.497 e. The van der Waals surface area contributed by atoms with Gasteiger partial charge in [0.25, 0.3) is 5.91 Å². The van der Waals surface area contributed by atoms with E-state index in [4.69, 9.17) is 4.74 Å². The number of ether oxygens (including phenoxy) is 1. The van der Waals surface area contributed by atoms with Crippen molar-refractivity contribution in [1.29, 1.82) is 0 Å². The summed E-state index contributed by atoms with van der Waals surface area (Å²) in [7, 11) is 1.57. The molecule has 2 bridgehead atoms. The van der Waals surface area contributed by atoms with Gasteiger partial charge in [-0.2, -0.15) is 0 Å². The molecule has 1 aromatic rings. The molecule has 2 unspecified atom stereocenters. The number of aliphatic carboxylic acids is 1. The fraction of sp³-hybridized carbons (Fsp3) is 0.542. The minimum atomic E-state index is -0.964. The Morgan fingerprint density at radius 3 is 2.67 bits per heavy atom. The second-order valence-corrected chi connectivity index (χ2v) is 10.4. The third kappa shape index (κ3) is 3.81. The van der Waals surface area contributed by atoms with E-state index < -0.39 is 28.6 Å². The number of rotatable bonds is 10. The zero-order valence-electron chi connectivity index (χ0n) is 18.7. The third-order valence-electron chi connectivity index (χ3n) is 7.09. The maximum atomic E-state index is 14.1. The third-order valence-corrected chi connectivity index (χ3v) is 9.04. The Bertz CT molecular complexity index is 937. The van der Waals surface area contributed by atoms with Gasteiger partial charge in [0.1, 0.15) is 11.8 Å². The van der Waals surface area contributed by atoms with Crippen molar-refractivity contribution in [2.75, 3.05) is 31.7 Å². The van der Waals surface area contributed by atoms with Gasteiger partial charge >= 0.3 is 5.97 Å². The van der Waals surface area contributed by atoms with E-state index in [0.29, 0.717) is 43.7 Å². The Labute approximate surface area is 197 Å². The van der Waals surface area contributed by atoms with E-state index in [9.17, 15) is 24.6 Å². The molecule has 0 saturated carbocycles. The van der Waals surface area contributed by atoms with Gasteiger partial charge in [-0.3, -0.25) is 14.4 Å². The summed E-state index contributed by atoms with van der Waals surface area (Å²) in [6.45, 7) is 4.38. The maximum Gasteiger partial charge on any atom is 0.308 e. The van der Waals surface area contributed by atoms with Gasteiger partial charge in [-0.1, -0.05) is 6.08 Å². The molecule has 8 nitrogen and oxygen atoms in total. The maximum absolute atomic E-state index is 14.1. The summed E-state index contributed by atoms with van der Waals surface area (Å²) in [6, 6.07) is 6.38. The summed E-state index contributed by atoms with van der Waals surface area (Å²) in [5, 5.41) is 19.0. The molecule has 0 aromatic heterocycles. The van der Waals surface area contributed by atoms with Crippen molar-refractivity contribution in [3.05, 3.63) is 36.9 Å². The average Bonchev–Trinajstić information content (AvgIpc) is 3.45. The number of amides is 2. The van der Waals surface area contributed by atoms with Crippen molar-refractivity contribution in [2.45, 2.75) is 41.7 Å². The van der Waals surface area contributed by atoms with Crippen LogP contribution in [0.25, 0.3) is 0 Å². The minimum Gasteiger partial charge on any atom is -0.497 e. The number of hydrogen-bond acceptors (Lipinski definition) is 6. The van der Waals surface area contributed by atoms with E-state index in [2.05, 4.69) is 6.58 Å². The predicted octanol–water partition coefficient (Wildman–Crippen LogP) is 2.16. The van der Waals surface area contributed by atoms with Crippen LogP contribution < -0.4 is 9.64 Å². The van der Waals surface area contributed by atoms with Crippen molar-refractivity contribution in [1.82, 2.24) is 4.90 Å². The Morgan fingerprint density at radius 1 is 1.33 bits per heavy atom. The lowest BCUT2D eigenvalue weighted by Crippen LogP contribution is -2.55. The second-order valence-electron chi connectivity index (χ2n) is 8.79. The van der Waals surface area contributed by atoms with Crippen LogP contribution in [0.3, 0.4) is 0 Å². The van der Waals surface area contributed by atoms with Crippen LogP contribution in [0.2, 0.25) is 0 Å². The molecule has 0 radical (unpaired) electrons. The van der Waals surface area contributed by atoms with Crippen LogP contribution in [0, 0.1) is 11.8 Å². The van der Waals surface area contributed by atoms with E-state index in [1.807, 2.05) is 0 Å². The van der Waals surface area contributed by atoms with Crippen molar-refractivity contribution in [3.63, 3.8) is 0 Å². The predicted molar refractivity (Wildman–Crippen MR) is 125 cm³/mol. The number of aliphatic hydroxyl groups excluding tert-OH is 1. The highest BCUT2D eigenvalue weighted by atomic mass is 32.2. The molecule has 3 heterocycles. The van der Waals surface area contributed by atoms with Gasteiger partial charge in [0.2, 0.25) is 5.91 Å². The normalized spacial score (nSPS) is 29.8. The molecule has 3 aliphatic rings. The molecule has 9 heteroatoms. The number of unbranched alkanes of at least 4 members (excludes halogenated alkanes) is 1. The molecular weight excluding hydrogens is 444 g/mol. The van der Waals surface area contributed by atoms with Gasteiger partial charge in [0.05, 0.1) is 23.7 Å².